The largest absolute Gasteiger partial charge is 0.467 e. The SMILES string of the molecule is COc1ncc(C2NNC3CC4NC(=O)N([C@@H]5CCCN(Cc6ccccc6)C5)CC4CC32)cn1. The molecule has 35 heavy (non-hydrogen) atoms. The van der Waals surface area contributed by atoms with Crippen LogP contribution in [-0.4, -0.2) is 70.7 Å². The van der Waals surface area contributed by atoms with E-state index in [1.54, 1.807) is 7.11 Å². The van der Waals surface area contributed by atoms with E-state index in [2.05, 4.69) is 66.3 Å². The third kappa shape index (κ3) is 4.60. The number of amides is 2. The minimum absolute atomic E-state index is 0.113. The molecule has 0 bridgehead atoms. The number of piperidine rings is 1. The van der Waals surface area contributed by atoms with Crippen LogP contribution in [0.15, 0.2) is 42.7 Å². The summed E-state index contributed by atoms with van der Waals surface area (Å²) in [4.78, 5) is 26.4. The zero-order chi connectivity index (χ0) is 23.8. The number of carbonyl (C=O) groups excluding carboxylic acids is 1. The van der Waals surface area contributed by atoms with Crippen molar-refractivity contribution in [1.82, 2.24) is 35.9 Å². The molecule has 0 radical (unpaired) electrons. The number of urea groups is 1. The third-order valence-corrected chi connectivity index (χ3v) is 8.38. The summed E-state index contributed by atoms with van der Waals surface area (Å²) in [6.45, 7) is 3.83. The zero-order valence-electron chi connectivity index (χ0n) is 20.3. The van der Waals surface area contributed by atoms with Crippen molar-refractivity contribution in [2.75, 3.05) is 26.7 Å². The summed E-state index contributed by atoms with van der Waals surface area (Å²) in [5.41, 5.74) is 9.36. The summed E-state index contributed by atoms with van der Waals surface area (Å²) >= 11 is 0. The van der Waals surface area contributed by atoms with E-state index in [1.807, 2.05) is 12.4 Å². The molecule has 4 aliphatic rings. The lowest BCUT2D eigenvalue weighted by Gasteiger charge is -2.49. The van der Waals surface area contributed by atoms with Crippen molar-refractivity contribution in [3.05, 3.63) is 53.9 Å². The van der Waals surface area contributed by atoms with Gasteiger partial charge >= 0.3 is 12.0 Å². The fourth-order valence-electron chi connectivity index (χ4n) is 6.62. The van der Waals surface area contributed by atoms with E-state index in [0.717, 1.165) is 57.4 Å². The van der Waals surface area contributed by atoms with Crippen LogP contribution in [0.1, 0.15) is 42.9 Å². The van der Waals surface area contributed by atoms with Crippen LogP contribution >= 0.6 is 0 Å². The summed E-state index contributed by atoms with van der Waals surface area (Å²) in [5, 5.41) is 3.37. The Kier molecular flexibility index (Phi) is 6.30. The molecular formula is C26H35N7O2. The molecule has 4 heterocycles. The minimum atomic E-state index is 0.113. The number of hydrazine groups is 1. The number of nitrogens with zero attached hydrogens (tertiary/aromatic N) is 4. The number of carbonyl (C=O) groups is 1. The predicted octanol–water partition coefficient (Wildman–Crippen LogP) is 2.09. The molecular weight excluding hydrogens is 442 g/mol. The highest BCUT2D eigenvalue weighted by Crippen LogP contribution is 2.42. The topological polar surface area (TPSA) is 94.6 Å². The van der Waals surface area contributed by atoms with Crippen LogP contribution in [0.25, 0.3) is 0 Å². The van der Waals surface area contributed by atoms with Crippen molar-refractivity contribution in [2.45, 2.75) is 56.4 Å². The van der Waals surface area contributed by atoms with Gasteiger partial charge in [-0.1, -0.05) is 30.3 Å². The van der Waals surface area contributed by atoms with Gasteiger partial charge in [0.05, 0.1) is 13.2 Å². The number of ether oxygens (including phenoxy) is 1. The molecule has 5 unspecified atom stereocenters. The molecule has 9 nitrogen and oxygen atoms in total. The summed E-state index contributed by atoms with van der Waals surface area (Å²) in [6.07, 6.45) is 7.93. The smallest absolute Gasteiger partial charge is 0.317 e. The van der Waals surface area contributed by atoms with Gasteiger partial charge in [-0.25, -0.2) is 20.2 Å². The number of aromatic nitrogens is 2. The van der Waals surface area contributed by atoms with Crippen molar-refractivity contribution < 1.29 is 9.53 Å². The van der Waals surface area contributed by atoms with Gasteiger partial charge in [-0.05, 0) is 49.6 Å². The molecule has 3 N–H and O–H groups in total. The molecule has 9 heteroatoms. The molecule has 186 valence electrons. The number of rotatable bonds is 5. The molecule has 1 aromatic heterocycles. The first kappa shape index (κ1) is 22.7. The van der Waals surface area contributed by atoms with Gasteiger partial charge in [0.1, 0.15) is 0 Å². The van der Waals surface area contributed by atoms with Crippen molar-refractivity contribution in [3.8, 4) is 6.01 Å². The van der Waals surface area contributed by atoms with Gasteiger partial charge in [-0.3, -0.25) is 10.3 Å². The van der Waals surface area contributed by atoms with E-state index in [4.69, 9.17) is 4.74 Å². The van der Waals surface area contributed by atoms with Gasteiger partial charge in [0.15, 0.2) is 0 Å². The molecule has 2 amide bonds. The normalized spacial score (nSPS) is 33.1. The first-order chi connectivity index (χ1) is 17.2. The Morgan fingerprint density at radius 3 is 2.69 bits per heavy atom. The van der Waals surface area contributed by atoms with E-state index in [9.17, 15) is 4.79 Å². The Hall–Kier alpha value is -2.75. The number of fused-ring (bicyclic) bond motifs is 2. The van der Waals surface area contributed by atoms with Crippen LogP contribution in [-0.2, 0) is 6.54 Å². The molecule has 1 aromatic carbocycles. The molecule has 6 rings (SSSR count). The van der Waals surface area contributed by atoms with Gasteiger partial charge in [0.2, 0.25) is 0 Å². The molecule has 4 fully saturated rings. The number of hydrogen-bond acceptors (Lipinski definition) is 7. The standard InChI is InChI=1S/C26H35N7O2/c1-35-25-27-12-19(13-28-25)24-21-10-18-15-33(26(34)29-22(18)11-23(21)30-31-24)20-8-5-9-32(16-20)14-17-6-3-2-4-7-17/h2-4,6-7,12-13,18,20-24,30-31H,5,8-11,14-16H2,1H3,(H,29,34)/t18?,20-,21?,22?,23?,24?/m1/s1. The van der Waals surface area contributed by atoms with E-state index < -0.39 is 0 Å². The second-order valence-electron chi connectivity index (χ2n) is 10.5. The van der Waals surface area contributed by atoms with Gasteiger partial charge in [-0.2, -0.15) is 0 Å². The summed E-state index contributed by atoms with van der Waals surface area (Å²) in [5.74, 6) is 0.882. The van der Waals surface area contributed by atoms with Crippen LogP contribution in [0.5, 0.6) is 6.01 Å². The third-order valence-electron chi connectivity index (χ3n) is 8.38. The lowest BCUT2D eigenvalue weighted by Crippen LogP contribution is -2.64. The molecule has 1 saturated carbocycles. The van der Waals surface area contributed by atoms with Crippen molar-refractivity contribution in [2.24, 2.45) is 11.8 Å². The number of methoxy groups -OCH3 is 1. The second kappa shape index (κ2) is 9.72. The Morgan fingerprint density at radius 2 is 1.89 bits per heavy atom. The van der Waals surface area contributed by atoms with E-state index in [-0.39, 0.29) is 24.2 Å². The average Bonchev–Trinajstić information content (AvgIpc) is 3.30. The van der Waals surface area contributed by atoms with Gasteiger partial charge < -0.3 is 15.0 Å². The van der Waals surface area contributed by atoms with Gasteiger partial charge in [0.25, 0.3) is 0 Å². The Bertz CT molecular complexity index is 1020. The highest BCUT2D eigenvalue weighted by atomic mass is 16.5. The van der Waals surface area contributed by atoms with Gasteiger partial charge in [-0.15, -0.1) is 0 Å². The lowest BCUT2D eigenvalue weighted by molar-refractivity contribution is 0.0523. The first-order valence-corrected chi connectivity index (χ1v) is 12.9. The Labute approximate surface area is 206 Å². The number of nitrogens with one attached hydrogen (secondary N) is 3. The molecule has 6 atom stereocenters. The van der Waals surface area contributed by atoms with Crippen LogP contribution in [0.2, 0.25) is 0 Å². The van der Waals surface area contributed by atoms with Crippen LogP contribution in [0.3, 0.4) is 0 Å². The average molecular weight is 478 g/mol. The minimum Gasteiger partial charge on any atom is -0.467 e. The number of likely N-dealkylation sites (tertiary alicyclic amines) is 1. The molecule has 0 spiro atoms. The van der Waals surface area contributed by atoms with Crippen LogP contribution in [0.4, 0.5) is 4.79 Å². The fraction of sp³-hybridized carbons (Fsp3) is 0.577. The van der Waals surface area contributed by atoms with Crippen molar-refractivity contribution >= 4 is 6.03 Å². The highest BCUT2D eigenvalue weighted by Gasteiger charge is 2.48. The van der Waals surface area contributed by atoms with Crippen LogP contribution < -0.4 is 20.9 Å². The van der Waals surface area contributed by atoms with Crippen LogP contribution in [0, 0.1) is 11.8 Å². The first-order valence-electron chi connectivity index (χ1n) is 12.9. The molecule has 3 aliphatic heterocycles. The highest BCUT2D eigenvalue weighted by molar-refractivity contribution is 5.76. The fourth-order valence-corrected chi connectivity index (χ4v) is 6.62. The Morgan fingerprint density at radius 1 is 1.06 bits per heavy atom. The molecule has 1 aliphatic carbocycles. The number of benzene rings is 1. The van der Waals surface area contributed by atoms with Crippen molar-refractivity contribution in [1.29, 1.82) is 0 Å². The Balaban J connectivity index is 1.12. The molecule has 3 saturated heterocycles. The number of hydrogen-bond donors (Lipinski definition) is 3. The van der Waals surface area contributed by atoms with Gasteiger partial charge in [0, 0.05) is 55.7 Å². The molecule has 2 aromatic rings. The predicted molar refractivity (Wildman–Crippen MR) is 131 cm³/mol. The maximum Gasteiger partial charge on any atom is 0.317 e. The monoisotopic (exact) mass is 477 g/mol. The zero-order valence-corrected chi connectivity index (χ0v) is 20.3. The summed E-state index contributed by atoms with van der Waals surface area (Å²) in [6, 6.07) is 12.1. The van der Waals surface area contributed by atoms with Crippen molar-refractivity contribution in [3.63, 3.8) is 0 Å². The van der Waals surface area contributed by atoms with E-state index >= 15 is 0 Å². The van der Waals surface area contributed by atoms with E-state index in [1.165, 1.54) is 5.56 Å². The maximum atomic E-state index is 13.2. The van der Waals surface area contributed by atoms with E-state index in [0.29, 0.717) is 23.9 Å². The summed E-state index contributed by atoms with van der Waals surface area (Å²) in [7, 11) is 1.58. The maximum absolute atomic E-state index is 13.2. The lowest BCUT2D eigenvalue weighted by atomic mass is 9.71. The quantitative estimate of drug-likeness (QED) is 0.607. The summed E-state index contributed by atoms with van der Waals surface area (Å²) < 4.78 is 5.12. The second-order valence-corrected chi connectivity index (χ2v) is 10.5.